The van der Waals surface area contributed by atoms with Crippen molar-refractivity contribution in [3.8, 4) is 0 Å². The summed E-state index contributed by atoms with van der Waals surface area (Å²) in [5, 5.41) is 0.585. The molecule has 0 fully saturated rings. The third kappa shape index (κ3) is 14.0. The molecule has 1 aliphatic carbocycles. The molecule has 0 aliphatic heterocycles. The number of allylic oxidation sites excluding steroid dienone is 4. The van der Waals surface area contributed by atoms with Gasteiger partial charge in [-0.3, -0.25) is 0 Å². The maximum Gasteiger partial charge on any atom is 0.0413 e. The largest absolute Gasteiger partial charge is 0.150 e. The molecule has 0 aromatic heterocycles. The summed E-state index contributed by atoms with van der Waals surface area (Å²) in [6.07, 6.45) is 33.4. The first-order valence-electron chi connectivity index (χ1n) is 10.6. The molecule has 0 spiro atoms. The van der Waals surface area contributed by atoms with Crippen LogP contribution < -0.4 is 0 Å². The standard InChI is InChI=1S/C23H40S/c1-2-3-4-5-6-7-8-9-10-11-12-13-16-19-22-24-23-20-17-14-15-18-21-23/h14-15,17-18,20-21,23H,2-13,16,19,22H2,1H3. The number of rotatable bonds is 16. The molecule has 0 atom stereocenters. The molecular formula is C23H40S. The molecule has 1 heteroatoms. The molecule has 0 nitrogen and oxygen atoms in total. The van der Waals surface area contributed by atoms with E-state index in [1.54, 1.807) is 0 Å². The van der Waals surface area contributed by atoms with E-state index in [4.69, 9.17) is 0 Å². The van der Waals surface area contributed by atoms with Gasteiger partial charge in [-0.2, -0.15) is 11.8 Å². The first kappa shape index (κ1) is 21.6. The zero-order chi connectivity index (χ0) is 17.1. The molecule has 0 bridgehead atoms. The topological polar surface area (TPSA) is 0 Å². The van der Waals surface area contributed by atoms with Crippen molar-refractivity contribution >= 4 is 11.8 Å². The fraction of sp³-hybridized carbons (Fsp3) is 0.739. The summed E-state index contributed by atoms with van der Waals surface area (Å²) in [4.78, 5) is 0. The van der Waals surface area contributed by atoms with Crippen molar-refractivity contribution in [2.24, 2.45) is 0 Å². The molecule has 0 aromatic rings. The summed E-state index contributed by atoms with van der Waals surface area (Å²) in [6.45, 7) is 2.29. The van der Waals surface area contributed by atoms with Crippen LogP contribution in [-0.4, -0.2) is 11.0 Å². The summed E-state index contributed by atoms with van der Waals surface area (Å²) in [5.41, 5.74) is 0. The van der Waals surface area contributed by atoms with E-state index in [-0.39, 0.29) is 0 Å². The van der Waals surface area contributed by atoms with Crippen LogP contribution in [0.5, 0.6) is 0 Å². The van der Waals surface area contributed by atoms with E-state index in [1.807, 2.05) is 0 Å². The molecule has 0 amide bonds. The van der Waals surface area contributed by atoms with Crippen molar-refractivity contribution < 1.29 is 0 Å². The van der Waals surface area contributed by atoms with Gasteiger partial charge in [0.05, 0.1) is 0 Å². The Balaban J connectivity index is 1.73. The Morgan fingerprint density at radius 2 is 0.958 bits per heavy atom. The molecule has 1 aliphatic rings. The van der Waals surface area contributed by atoms with Crippen LogP contribution in [0.3, 0.4) is 0 Å². The lowest BCUT2D eigenvalue weighted by Crippen LogP contribution is -1.94. The molecule has 0 unspecified atom stereocenters. The summed E-state index contributed by atoms with van der Waals surface area (Å²) in [5.74, 6) is 1.30. The van der Waals surface area contributed by atoms with Gasteiger partial charge in [0, 0.05) is 5.25 Å². The predicted octanol–water partition coefficient (Wildman–Crippen LogP) is 8.25. The minimum Gasteiger partial charge on any atom is -0.150 e. The van der Waals surface area contributed by atoms with Gasteiger partial charge in [0.15, 0.2) is 0 Å². The fourth-order valence-corrected chi connectivity index (χ4v) is 4.21. The van der Waals surface area contributed by atoms with Crippen molar-refractivity contribution in [1.29, 1.82) is 0 Å². The normalized spacial score (nSPS) is 14.4. The van der Waals surface area contributed by atoms with E-state index >= 15 is 0 Å². The molecule has 0 saturated carbocycles. The van der Waals surface area contributed by atoms with Crippen LogP contribution in [0.4, 0.5) is 0 Å². The smallest absolute Gasteiger partial charge is 0.0413 e. The van der Waals surface area contributed by atoms with Gasteiger partial charge in [-0.25, -0.2) is 0 Å². The second-order valence-electron chi connectivity index (χ2n) is 7.09. The Labute approximate surface area is 156 Å². The third-order valence-electron chi connectivity index (χ3n) is 4.74. The maximum absolute atomic E-state index is 2.30. The zero-order valence-corrected chi connectivity index (χ0v) is 16.9. The number of thioether (sulfide) groups is 1. The minimum absolute atomic E-state index is 0.585. The van der Waals surface area contributed by atoms with Gasteiger partial charge in [0.1, 0.15) is 0 Å². The maximum atomic E-state index is 2.30. The quantitative estimate of drug-likeness (QED) is 0.253. The van der Waals surface area contributed by atoms with Gasteiger partial charge >= 0.3 is 0 Å². The van der Waals surface area contributed by atoms with E-state index in [0.717, 1.165) is 0 Å². The second-order valence-corrected chi connectivity index (χ2v) is 8.37. The van der Waals surface area contributed by atoms with E-state index < -0.39 is 0 Å². The lowest BCUT2D eigenvalue weighted by molar-refractivity contribution is 0.538. The van der Waals surface area contributed by atoms with Crippen LogP contribution in [0.1, 0.15) is 96.8 Å². The Morgan fingerprint density at radius 3 is 1.42 bits per heavy atom. The Kier molecular flexibility index (Phi) is 15.7. The Morgan fingerprint density at radius 1 is 0.542 bits per heavy atom. The highest BCUT2D eigenvalue weighted by molar-refractivity contribution is 8.00. The predicted molar refractivity (Wildman–Crippen MR) is 114 cm³/mol. The van der Waals surface area contributed by atoms with Crippen molar-refractivity contribution in [2.45, 2.75) is 102 Å². The van der Waals surface area contributed by atoms with E-state index in [9.17, 15) is 0 Å². The first-order chi connectivity index (χ1) is 11.9. The van der Waals surface area contributed by atoms with Crippen LogP contribution >= 0.6 is 11.8 Å². The number of hydrogen-bond acceptors (Lipinski definition) is 1. The molecule has 0 heterocycles. The third-order valence-corrected chi connectivity index (χ3v) is 5.97. The van der Waals surface area contributed by atoms with Gasteiger partial charge in [0.2, 0.25) is 0 Å². The van der Waals surface area contributed by atoms with Crippen LogP contribution in [0, 0.1) is 0 Å². The molecule has 0 aromatic carbocycles. The van der Waals surface area contributed by atoms with E-state index in [1.165, 1.54) is 95.6 Å². The lowest BCUT2D eigenvalue weighted by Gasteiger charge is -2.07. The molecule has 24 heavy (non-hydrogen) atoms. The van der Waals surface area contributed by atoms with Crippen molar-refractivity contribution in [3.05, 3.63) is 36.5 Å². The van der Waals surface area contributed by atoms with Crippen LogP contribution in [0.25, 0.3) is 0 Å². The first-order valence-corrected chi connectivity index (χ1v) is 11.6. The highest BCUT2D eigenvalue weighted by Gasteiger charge is 2.01. The lowest BCUT2D eigenvalue weighted by atomic mass is 10.0. The van der Waals surface area contributed by atoms with Crippen LogP contribution in [0.2, 0.25) is 0 Å². The Bertz CT molecular complexity index is 324. The van der Waals surface area contributed by atoms with Crippen molar-refractivity contribution in [3.63, 3.8) is 0 Å². The summed E-state index contributed by atoms with van der Waals surface area (Å²) in [6, 6.07) is 0. The van der Waals surface area contributed by atoms with Crippen molar-refractivity contribution in [1.82, 2.24) is 0 Å². The van der Waals surface area contributed by atoms with E-state index in [0.29, 0.717) is 5.25 Å². The molecule has 138 valence electrons. The van der Waals surface area contributed by atoms with Gasteiger partial charge in [-0.05, 0) is 12.2 Å². The molecule has 0 N–H and O–H groups in total. The van der Waals surface area contributed by atoms with Gasteiger partial charge in [-0.15, -0.1) is 0 Å². The average molecular weight is 349 g/mol. The van der Waals surface area contributed by atoms with Gasteiger partial charge in [-0.1, -0.05) is 127 Å². The fourth-order valence-electron chi connectivity index (χ4n) is 3.17. The van der Waals surface area contributed by atoms with E-state index in [2.05, 4.69) is 55.1 Å². The number of unbranched alkanes of at least 4 members (excludes halogenated alkanes) is 13. The highest BCUT2D eigenvalue weighted by atomic mass is 32.2. The minimum atomic E-state index is 0.585. The zero-order valence-electron chi connectivity index (χ0n) is 16.1. The molecular weight excluding hydrogens is 308 g/mol. The second kappa shape index (κ2) is 17.4. The highest BCUT2D eigenvalue weighted by Crippen LogP contribution is 2.19. The summed E-state index contributed by atoms with van der Waals surface area (Å²) < 4.78 is 0. The molecule has 0 saturated heterocycles. The molecule has 1 rings (SSSR count). The van der Waals surface area contributed by atoms with Crippen molar-refractivity contribution in [2.75, 3.05) is 5.75 Å². The Hall–Kier alpha value is -0.430. The monoisotopic (exact) mass is 348 g/mol. The van der Waals surface area contributed by atoms with Gasteiger partial charge in [0.25, 0.3) is 0 Å². The summed E-state index contributed by atoms with van der Waals surface area (Å²) in [7, 11) is 0. The SMILES string of the molecule is CCCCCCCCCCCCCCCCSC1C=CC=CC=C1. The summed E-state index contributed by atoms with van der Waals surface area (Å²) >= 11 is 2.08. The average Bonchev–Trinajstić information content (AvgIpc) is 2.87. The van der Waals surface area contributed by atoms with Crippen LogP contribution in [-0.2, 0) is 0 Å². The number of hydrogen-bond donors (Lipinski definition) is 0. The molecule has 0 radical (unpaired) electrons. The van der Waals surface area contributed by atoms with Crippen LogP contribution in [0.15, 0.2) is 36.5 Å². The van der Waals surface area contributed by atoms with Gasteiger partial charge < -0.3 is 0 Å².